The van der Waals surface area contributed by atoms with Crippen LogP contribution in [-0.4, -0.2) is 0 Å². The van der Waals surface area contributed by atoms with Gasteiger partial charge in [0.05, 0.1) is 16.5 Å². The molecule has 9 aromatic carbocycles. The topological polar surface area (TPSA) is 21.7 Å². The summed E-state index contributed by atoms with van der Waals surface area (Å²) in [5, 5.41) is 0. The minimum Gasteiger partial charge on any atom is -0.449 e. The van der Waals surface area contributed by atoms with Gasteiger partial charge in [-0.3, -0.25) is 0 Å². The molecular formula is C62H41NO2. The van der Waals surface area contributed by atoms with Gasteiger partial charge in [-0.2, -0.15) is 0 Å². The van der Waals surface area contributed by atoms with Gasteiger partial charge in [0, 0.05) is 16.9 Å². The lowest BCUT2D eigenvalue weighted by molar-refractivity contribution is 0.361. The molecule has 3 heteroatoms. The first-order valence-electron chi connectivity index (χ1n) is 22.7. The molecule has 3 nitrogen and oxygen atoms in total. The molecule has 0 atom stereocenters. The van der Waals surface area contributed by atoms with Crippen molar-refractivity contribution in [3.63, 3.8) is 0 Å². The number of hydrogen-bond acceptors (Lipinski definition) is 3. The van der Waals surface area contributed by atoms with Gasteiger partial charge in [-0.05, 0) is 116 Å². The number of anilines is 2. The highest BCUT2D eigenvalue weighted by atomic mass is 16.6. The minimum atomic E-state index is -0.575. The molecule has 0 fully saturated rings. The molecule has 1 aliphatic heterocycles. The van der Waals surface area contributed by atoms with E-state index in [0.29, 0.717) is 17.2 Å². The van der Waals surface area contributed by atoms with E-state index in [1.54, 1.807) is 0 Å². The minimum absolute atomic E-state index is 0.479. The summed E-state index contributed by atoms with van der Waals surface area (Å²) in [7, 11) is 0. The van der Waals surface area contributed by atoms with Gasteiger partial charge in [0.2, 0.25) is 0 Å². The van der Waals surface area contributed by atoms with Crippen molar-refractivity contribution in [2.75, 3.05) is 4.90 Å². The van der Waals surface area contributed by atoms with E-state index in [2.05, 4.69) is 229 Å². The Balaban J connectivity index is 0.994. The summed E-state index contributed by atoms with van der Waals surface area (Å²) in [6, 6.07) is 79.6. The second kappa shape index (κ2) is 13.7. The van der Waals surface area contributed by atoms with Crippen molar-refractivity contribution in [1.82, 2.24) is 0 Å². The molecule has 65 heavy (non-hydrogen) atoms. The summed E-state index contributed by atoms with van der Waals surface area (Å²) in [6.07, 6.45) is 4.21. The fourth-order valence-electron chi connectivity index (χ4n) is 12.4. The number of rotatable bonds is 5. The lowest BCUT2D eigenvalue weighted by atomic mass is 9.66. The third kappa shape index (κ3) is 4.74. The van der Waals surface area contributed by atoms with Gasteiger partial charge in [0.15, 0.2) is 23.0 Å². The predicted octanol–water partition coefficient (Wildman–Crippen LogP) is 15.5. The summed E-state index contributed by atoms with van der Waals surface area (Å²) in [5.41, 5.74) is 19.8. The van der Waals surface area contributed by atoms with E-state index in [1.165, 1.54) is 78.0 Å². The molecule has 9 aromatic rings. The number of benzene rings is 9. The Morgan fingerprint density at radius 3 is 1.54 bits per heavy atom. The molecule has 0 unspecified atom stereocenters. The van der Waals surface area contributed by atoms with E-state index in [0.717, 1.165) is 35.5 Å². The highest BCUT2D eigenvalue weighted by Crippen LogP contribution is 2.67. The van der Waals surface area contributed by atoms with Crippen LogP contribution in [0.15, 0.2) is 236 Å². The summed E-state index contributed by atoms with van der Waals surface area (Å²) in [6.45, 7) is 0. The third-order valence-corrected chi connectivity index (χ3v) is 14.7. The Kier molecular flexibility index (Phi) is 7.65. The average Bonchev–Trinajstić information content (AvgIpc) is 3.98. The van der Waals surface area contributed by atoms with Crippen LogP contribution in [0.3, 0.4) is 0 Å². The van der Waals surface area contributed by atoms with Crippen molar-refractivity contribution >= 4 is 16.9 Å². The highest BCUT2D eigenvalue weighted by Gasteiger charge is 2.54. The van der Waals surface area contributed by atoms with Gasteiger partial charge >= 0.3 is 0 Å². The molecular weight excluding hydrogens is 791 g/mol. The summed E-state index contributed by atoms with van der Waals surface area (Å²) in [4.78, 5) is 2.46. The van der Waals surface area contributed by atoms with Gasteiger partial charge in [0.25, 0.3) is 0 Å². The zero-order valence-electron chi connectivity index (χ0n) is 35.5. The molecule has 5 aliphatic rings. The maximum Gasteiger partial charge on any atom is 0.194 e. The van der Waals surface area contributed by atoms with E-state index >= 15 is 0 Å². The molecule has 0 saturated carbocycles. The second-order valence-electron chi connectivity index (χ2n) is 17.7. The van der Waals surface area contributed by atoms with Crippen LogP contribution in [0.25, 0.3) is 27.8 Å². The first-order chi connectivity index (χ1) is 32.3. The van der Waals surface area contributed by atoms with Crippen LogP contribution in [0.2, 0.25) is 0 Å². The smallest absolute Gasteiger partial charge is 0.194 e. The Labute approximate surface area is 378 Å². The molecule has 0 aromatic heterocycles. The van der Waals surface area contributed by atoms with Gasteiger partial charge in [-0.15, -0.1) is 0 Å². The number of nitrogens with zero attached hydrogens (tertiary/aromatic N) is 1. The van der Waals surface area contributed by atoms with Crippen molar-refractivity contribution in [3.05, 3.63) is 280 Å². The monoisotopic (exact) mass is 831 g/mol. The second-order valence-corrected chi connectivity index (χ2v) is 17.7. The molecule has 1 heterocycles. The number of ether oxygens (including phenoxy) is 2. The van der Waals surface area contributed by atoms with Crippen LogP contribution in [0, 0.1) is 0 Å². The molecule has 4 aliphatic carbocycles. The molecule has 0 radical (unpaired) electrons. The molecule has 0 bridgehead atoms. The Bertz CT molecular complexity index is 3410. The van der Waals surface area contributed by atoms with Gasteiger partial charge < -0.3 is 14.4 Å². The number of hydrogen-bond donors (Lipinski definition) is 0. The average molecular weight is 832 g/mol. The summed E-state index contributed by atoms with van der Waals surface area (Å²) in [5.74, 6) is 2.86. The maximum atomic E-state index is 7.32. The molecule has 1 spiro atoms. The predicted molar refractivity (Wildman–Crippen MR) is 261 cm³/mol. The summed E-state index contributed by atoms with van der Waals surface area (Å²) < 4.78 is 14.6. The quantitative estimate of drug-likeness (QED) is 0.172. The highest BCUT2D eigenvalue weighted by molar-refractivity contribution is 5.99. The first kappa shape index (κ1) is 36.4. The van der Waals surface area contributed by atoms with Crippen molar-refractivity contribution in [2.45, 2.75) is 23.7 Å². The van der Waals surface area contributed by atoms with Gasteiger partial charge in [-0.25, -0.2) is 0 Å². The number of fused-ring (bicyclic) bond motifs is 16. The largest absolute Gasteiger partial charge is 0.449 e. The van der Waals surface area contributed by atoms with Gasteiger partial charge in [-0.1, -0.05) is 194 Å². The van der Waals surface area contributed by atoms with Crippen LogP contribution in [-0.2, 0) is 10.8 Å². The lowest BCUT2D eigenvalue weighted by Gasteiger charge is -2.40. The van der Waals surface area contributed by atoms with E-state index in [-0.39, 0.29) is 0 Å². The van der Waals surface area contributed by atoms with Crippen molar-refractivity contribution in [2.24, 2.45) is 0 Å². The summed E-state index contributed by atoms with van der Waals surface area (Å²) >= 11 is 0. The number of allylic oxidation sites excluding steroid dienone is 4. The van der Waals surface area contributed by atoms with Crippen molar-refractivity contribution in [1.29, 1.82) is 0 Å². The van der Waals surface area contributed by atoms with Gasteiger partial charge in [0.1, 0.15) is 0 Å². The maximum absolute atomic E-state index is 7.32. The van der Waals surface area contributed by atoms with E-state index < -0.39 is 10.8 Å². The first-order valence-corrected chi connectivity index (χ1v) is 22.7. The standard InChI is InChI=1S/C62H41NO2/c1-4-20-40(21-5-1)61(41-22-6-2-7-23-41)48-31-14-12-28-45(48)46-30-18-35-53(58(46)61)63(42-24-8-3-9-25-42)54-36-19-37-55-59(54)64-56-39-38-52-57(60(56)65-55)47-29-13-17-34-51(47)62(52)49-32-15-10-26-43(49)44-27-11-16-33-50(44)62/h1-17,19-34,36-39H,18,35H2. The lowest BCUT2D eigenvalue weighted by Crippen LogP contribution is -2.33. The van der Waals surface area contributed by atoms with Crippen LogP contribution in [0.5, 0.6) is 23.0 Å². The van der Waals surface area contributed by atoms with Crippen molar-refractivity contribution in [3.8, 4) is 45.3 Å². The fraction of sp³-hybridized carbons (Fsp3) is 0.0645. The molecule has 306 valence electrons. The third-order valence-electron chi connectivity index (χ3n) is 14.7. The van der Waals surface area contributed by atoms with E-state index in [4.69, 9.17) is 9.47 Å². The Hall–Kier alpha value is -8.14. The van der Waals surface area contributed by atoms with Crippen LogP contribution in [0.4, 0.5) is 11.4 Å². The normalized spacial score (nSPS) is 15.8. The fourth-order valence-corrected chi connectivity index (χ4v) is 12.4. The molecule has 0 saturated heterocycles. The SMILES string of the molecule is C1=C2C(=C(N(c3ccccc3)c3cccc4c3Oc3ccc5c(c3O4)-c3ccccc3C53c4ccccc4-c4ccccc43)CC1)C(c1ccccc1)(c1ccccc1)c1ccccc12. The molecule has 0 N–H and O–H groups in total. The van der Waals surface area contributed by atoms with Crippen LogP contribution < -0.4 is 14.4 Å². The van der Waals surface area contributed by atoms with Crippen LogP contribution >= 0.6 is 0 Å². The van der Waals surface area contributed by atoms with E-state index in [9.17, 15) is 0 Å². The zero-order valence-corrected chi connectivity index (χ0v) is 35.5. The van der Waals surface area contributed by atoms with Crippen LogP contribution in [0.1, 0.15) is 57.3 Å². The Morgan fingerprint density at radius 1 is 0.385 bits per heavy atom. The van der Waals surface area contributed by atoms with E-state index in [1.807, 2.05) is 0 Å². The zero-order chi connectivity index (χ0) is 42.7. The molecule has 0 amide bonds. The Morgan fingerprint density at radius 2 is 0.892 bits per heavy atom. The van der Waals surface area contributed by atoms with Crippen molar-refractivity contribution < 1.29 is 9.47 Å². The molecule has 14 rings (SSSR count). The number of para-hydroxylation sites is 2.